The molecule has 0 fully saturated rings. The fourth-order valence-electron chi connectivity index (χ4n) is 0.385. The van der Waals surface area contributed by atoms with E-state index in [1.807, 2.05) is 36.4 Å². The van der Waals surface area contributed by atoms with Crippen molar-refractivity contribution in [2.75, 3.05) is 0 Å². The molecule has 0 aliphatic carbocycles. The molecule has 0 aromatic heterocycles. The van der Waals surface area contributed by atoms with Gasteiger partial charge in [0.05, 0.1) is 11.4 Å². The molecule has 13 heavy (non-hydrogen) atoms. The first-order valence-electron chi connectivity index (χ1n) is 2.73. The molecule has 70 valence electrons. The van der Waals surface area contributed by atoms with Crippen LogP contribution in [-0.2, 0) is 11.4 Å². The molecule has 0 radical (unpaired) electrons. The van der Waals surface area contributed by atoms with Crippen LogP contribution in [0.25, 0.3) is 0 Å². The topological polar surface area (TPSA) is 86.4 Å². The average Bonchev–Trinajstić information content (AvgIpc) is 2.10. The van der Waals surface area contributed by atoms with Crippen molar-refractivity contribution >= 4 is 23.1 Å². The van der Waals surface area contributed by atoms with E-state index in [9.17, 15) is 0 Å². The van der Waals surface area contributed by atoms with Gasteiger partial charge in [-0.2, -0.15) is 0 Å². The summed E-state index contributed by atoms with van der Waals surface area (Å²) < 4.78 is 24.1. The SMILES string of the molecule is NCl.O=S([O-])O.[Na+].c1ccccc1. The van der Waals surface area contributed by atoms with Gasteiger partial charge in [-0.1, -0.05) is 36.4 Å². The van der Waals surface area contributed by atoms with Crippen LogP contribution in [0.3, 0.4) is 0 Å². The normalized spacial score (nSPS) is 8.92. The number of halogens is 1. The number of rotatable bonds is 0. The largest absolute Gasteiger partial charge is 1.00 e. The van der Waals surface area contributed by atoms with E-state index in [4.69, 9.17) is 13.3 Å². The van der Waals surface area contributed by atoms with Crippen LogP contribution in [0.2, 0.25) is 0 Å². The summed E-state index contributed by atoms with van der Waals surface area (Å²) in [6.45, 7) is 0. The van der Waals surface area contributed by atoms with Crippen LogP contribution < -0.4 is 34.8 Å². The zero-order chi connectivity index (χ0) is 9.82. The van der Waals surface area contributed by atoms with Crippen molar-refractivity contribution in [3.05, 3.63) is 36.4 Å². The molecule has 0 saturated heterocycles. The van der Waals surface area contributed by atoms with E-state index in [0.29, 0.717) is 0 Å². The van der Waals surface area contributed by atoms with E-state index < -0.39 is 11.4 Å². The van der Waals surface area contributed by atoms with Gasteiger partial charge in [0, 0.05) is 0 Å². The van der Waals surface area contributed by atoms with Crippen LogP contribution in [0.5, 0.6) is 0 Å². The first-order valence-corrected chi connectivity index (χ1v) is 4.20. The van der Waals surface area contributed by atoms with Gasteiger partial charge in [-0.25, -0.2) is 9.46 Å². The quantitative estimate of drug-likeness (QED) is 0.312. The Hall–Kier alpha value is 0.540. The van der Waals surface area contributed by atoms with Crippen molar-refractivity contribution in [3.63, 3.8) is 0 Å². The molecule has 1 aromatic carbocycles. The van der Waals surface area contributed by atoms with Crippen molar-refractivity contribution in [2.24, 2.45) is 5.25 Å². The van der Waals surface area contributed by atoms with Gasteiger partial charge in [-0.3, -0.25) is 0 Å². The number of benzene rings is 1. The van der Waals surface area contributed by atoms with Crippen LogP contribution in [0.1, 0.15) is 0 Å². The Kier molecular flexibility index (Phi) is 27.1. The maximum Gasteiger partial charge on any atom is 1.00 e. The molecule has 7 heteroatoms. The maximum absolute atomic E-state index is 8.56. The van der Waals surface area contributed by atoms with Crippen molar-refractivity contribution in [2.45, 2.75) is 0 Å². The number of hydrogen-bond donors (Lipinski definition) is 2. The predicted octanol–water partition coefficient (Wildman–Crippen LogP) is -1.87. The van der Waals surface area contributed by atoms with Crippen LogP contribution in [0, 0.1) is 0 Å². The minimum Gasteiger partial charge on any atom is -0.750 e. The summed E-state index contributed by atoms with van der Waals surface area (Å²) in [4.78, 5) is 0. The molecule has 1 aromatic rings. The Morgan fingerprint density at radius 2 is 1.15 bits per heavy atom. The van der Waals surface area contributed by atoms with Crippen LogP contribution in [0.15, 0.2) is 36.4 Å². The Morgan fingerprint density at radius 1 is 1.08 bits per heavy atom. The standard InChI is InChI=1S/C6H6.ClH2N.Na.H2O3S/c1-2-4-6-5-3-1;1-2;;1-4(2)3/h1-6H;2H2;;(H2,1,2,3)/q;;+1;/p-1. The van der Waals surface area contributed by atoms with Crippen molar-refractivity contribution in [1.82, 2.24) is 0 Å². The van der Waals surface area contributed by atoms with Gasteiger partial charge >= 0.3 is 29.6 Å². The minimum absolute atomic E-state index is 0. The summed E-state index contributed by atoms with van der Waals surface area (Å²) in [6.07, 6.45) is 0. The monoisotopic (exact) mass is 233 g/mol. The van der Waals surface area contributed by atoms with Gasteiger partial charge in [0.1, 0.15) is 0 Å². The first kappa shape index (κ1) is 19.2. The molecule has 0 saturated carbocycles. The Labute approximate surface area is 107 Å². The van der Waals surface area contributed by atoms with Crippen molar-refractivity contribution < 1.29 is 42.9 Å². The number of hydrogen-bond acceptors (Lipinski definition) is 3. The van der Waals surface area contributed by atoms with E-state index in [-0.39, 0.29) is 29.6 Å². The molecule has 0 aliphatic heterocycles. The predicted molar refractivity (Wildman–Crippen MR) is 48.0 cm³/mol. The Balaban J connectivity index is -0.000000128. The molecular formula is C6H9ClNNaO3S. The smallest absolute Gasteiger partial charge is 0.750 e. The molecule has 4 nitrogen and oxygen atoms in total. The summed E-state index contributed by atoms with van der Waals surface area (Å²) in [5.74, 6) is 0. The summed E-state index contributed by atoms with van der Waals surface area (Å²) in [6, 6.07) is 12.0. The van der Waals surface area contributed by atoms with Gasteiger partial charge < -0.3 is 9.11 Å². The summed E-state index contributed by atoms with van der Waals surface area (Å²) in [5.41, 5.74) is 0. The molecule has 1 rings (SSSR count). The van der Waals surface area contributed by atoms with E-state index >= 15 is 0 Å². The summed E-state index contributed by atoms with van der Waals surface area (Å²) in [5, 5.41) is 3.97. The molecular weight excluding hydrogens is 225 g/mol. The molecule has 3 N–H and O–H groups in total. The third kappa shape index (κ3) is 32.6. The van der Waals surface area contributed by atoms with Gasteiger partial charge in [0.15, 0.2) is 0 Å². The first-order chi connectivity index (χ1) is 5.73. The molecule has 0 bridgehead atoms. The second kappa shape index (κ2) is 18.3. The van der Waals surface area contributed by atoms with E-state index in [1.165, 1.54) is 0 Å². The van der Waals surface area contributed by atoms with Crippen molar-refractivity contribution in [1.29, 1.82) is 0 Å². The van der Waals surface area contributed by atoms with Gasteiger partial charge in [0.2, 0.25) is 0 Å². The van der Waals surface area contributed by atoms with E-state index in [0.717, 1.165) is 0 Å². The van der Waals surface area contributed by atoms with Crippen LogP contribution in [0.4, 0.5) is 0 Å². The third-order valence-electron chi connectivity index (χ3n) is 0.667. The second-order valence-corrected chi connectivity index (χ2v) is 1.81. The third-order valence-corrected chi connectivity index (χ3v) is 0.667. The summed E-state index contributed by atoms with van der Waals surface area (Å²) in [7, 11) is 0. The zero-order valence-corrected chi connectivity index (χ0v) is 10.7. The molecule has 0 spiro atoms. The molecule has 0 amide bonds. The summed E-state index contributed by atoms with van der Waals surface area (Å²) >= 11 is 1.28. The van der Waals surface area contributed by atoms with Crippen molar-refractivity contribution in [3.8, 4) is 0 Å². The van der Waals surface area contributed by atoms with Gasteiger partial charge in [-0.05, 0) is 11.8 Å². The molecule has 0 aliphatic rings. The van der Waals surface area contributed by atoms with Gasteiger partial charge in [-0.15, -0.1) is 0 Å². The second-order valence-electron chi connectivity index (χ2n) is 1.37. The zero-order valence-electron chi connectivity index (χ0n) is 7.09. The molecule has 0 heterocycles. The Bertz CT molecular complexity index is 160. The average molecular weight is 234 g/mol. The number of nitrogens with two attached hydrogens (primary N) is 1. The maximum atomic E-state index is 8.56. The van der Waals surface area contributed by atoms with E-state index in [1.54, 1.807) is 0 Å². The van der Waals surface area contributed by atoms with E-state index in [2.05, 4.69) is 17.0 Å². The van der Waals surface area contributed by atoms with Gasteiger partial charge in [0.25, 0.3) is 0 Å². The molecule has 1 atom stereocenters. The Morgan fingerprint density at radius 3 is 1.23 bits per heavy atom. The van der Waals surface area contributed by atoms with Crippen LogP contribution >= 0.6 is 11.8 Å². The van der Waals surface area contributed by atoms with Crippen LogP contribution in [-0.4, -0.2) is 13.3 Å². The minimum atomic E-state index is -2.86. The molecule has 1 unspecified atom stereocenters. The fraction of sp³-hybridized carbons (Fsp3) is 0. The fourth-order valence-corrected chi connectivity index (χ4v) is 0.385.